The SMILES string of the molecule is C=C(Br)c1ccccc1/C=C/C(C)=O. The maximum Gasteiger partial charge on any atom is 0.152 e. The first kappa shape index (κ1) is 10.9. The zero-order chi connectivity index (χ0) is 10.6. The molecule has 0 saturated carbocycles. The number of carbonyl (C=O) groups excluding carboxylic acids is 1. The summed E-state index contributed by atoms with van der Waals surface area (Å²) in [5.41, 5.74) is 1.99. The number of allylic oxidation sites excluding steroid dienone is 1. The molecular weight excluding hydrogens is 240 g/mol. The van der Waals surface area contributed by atoms with Crippen molar-refractivity contribution in [2.24, 2.45) is 0 Å². The summed E-state index contributed by atoms with van der Waals surface area (Å²) in [7, 11) is 0. The van der Waals surface area contributed by atoms with Gasteiger partial charge in [0.25, 0.3) is 0 Å². The van der Waals surface area contributed by atoms with Crippen molar-refractivity contribution in [1.29, 1.82) is 0 Å². The zero-order valence-corrected chi connectivity index (χ0v) is 9.54. The van der Waals surface area contributed by atoms with Gasteiger partial charge in [-0.2, -0.15) is 0 Å². The molecule has 0 fully saturated rings. The summed E-state index contributed by atoms with van der Waals surface area (Å²) in [4.78, 5) is 10.8. The van der Waals surface area contributed by atoms with Crippen LogP contribution in [0.2, 0.25) is 0 Å². The molecule has 1 rings (SSSR count). The Labute approximate surface area is 92.3 Å². The van der Waals surface area contributed by atoms with E-state index in [9.17, 15) is 4.79 Å². The Hall–Kier alpha value is -1.15. The van der Waals surface area contributed by atoms with Crippen LogP contribution in [0.1, 0.15) is 18.1 Å². The van der Waals surface area contributed by atoms with Crippen LogP contribution in [-0.4, -0.2) is 5.78 Å². The monoisotopic (exact) mass is 250 g/mol. The van der Waals surface area contributed by atoms with Crippen LogP contribution in [0.5, 0.6) is 0 Å². The third-order valence-corrected chi connectivity index (χ3v) is 2.18. The highest BCUT2D eigenvalue weighted by molar-refractivity contribution is 9.15. The molecule has 1 nitrogen and oxygen atoms in total. The van der Waals surface area contributed by atoms with Crippen molar-refractivity contribution in [3.8, 4) is 0 Å². The van der Waals surface area contributed by atoms with E-state index < -0.39 is 0 Å². The lowest BCUT2D eigenvalue weighted by Crippen LogP contribution is -1.84. The van der Waals surface area contributed by atoms with E-state index >= 15 is 0 Å². The van der Waals surface area contributed by atoms with E-state index in [0.29, 0.717) is 0 Å². The molecule has 0 radical (unpaired) electrons. The maximum absolute atomic E-state index is 10.8. The molecular formula is C12H11BrO. The Kier molecular flexibility index (Phi) is 3.84. The molecule has 0 bridgehead atoms. The summed E-state index contributed by atoms with van der Waals surface area (Å²) >= 11 is 3.33. The molecule has 14 heavy (non-hydrogen) atoms. The number of carbonyl (C=O) groups is 1. The van der Waals surface area contributed by atoms with Gasteiger partial charge in [-0.3, -0.25) is 4.79 Å². The smallest absolute Gasteiger partial charge is 0.152 e. The van der Waals surface area contributed by atoms with Crippen LogP contribution in [0, 0.1) is 0 Å². The summed E-state index contributed by atoms with van der Waals surface area (Å²) in [6.45, 7) is 5.34. The third kappa shape index (κ3) is 2.96. The lowest BCUT2D eigenvalue weighted by atomic mass is 10.1. The Morgan fingerprint density at radius 2 is 2.07 bits per heavy atom. The first-order chi connectivity index (χ1) is 6.61. The summed E-state index contributed by atoms with van der Waals surface area (Å²) in [5.74, 6) is 0.0417. The molecule has 0 aliphatic rings. The summed E-state index contributed by atoms with van der Waals surface area (Å²) in [6, 6.07) is 7.77. The van der Waals surface area contributed by atoms with E-state index in [1.54, 1.807) is 12.2 Å². The molecule has 1 aromatic rings. The highest BCUT2D eigenvalue weighted by Crippen LogP contribution is 2.23. The Morgan fingerprint density at radius 3 is 2.64 bits per heavy atom. The second-order valence-corrected chi connectivity index (χ2v) is 3.89. The van der Waals surface area contributed by atoms with E-state index in [2.05, 4.69) is 22.5 Å². The van der Waals surface area contributed by atoms with Crippen LogP contribution in [-0.2, 0) is 4.79 Å². The summed E-state index contributed by atoms with van der Waals surface area (Å²) < 4.78 is 0.821. The van der Waals surface area contributed by atoms with Gasteiger partial charge in [0.05, 0.1) is 0 Å². The Balaban J connectivity index is 3.07. The molecule has 0 spiro atoms. The largest absolute Gasteiger partial charge is 0.295 e. The van der Waals surface area contributed by atoms with Crippen LogP contribution in [0.3, 0.4) is 0 Å². The average Bonchev–Trinajstić information content (AvgIpc) is 2.15. The van der Waals surface area contributed by atoms with Gasteiger partial charge >= 0.3 is 0 Å². The molecule has 0 saturated heterocycles. The molecule has 72 valence electrons. The van der Waals surface area contributed by atoms with Gasteiger partial charge in [-0.05, 0) is 24.1 Å². The molecule has 0 heterocycles. The molecule has 0 aliphatic carbocycles. The fraction of sp³-hybridized carbons (Fsp3) is 0.0833. The van der Waals surface area contributed by atoms with E-state index in [1.165, 1.54) is 6.92 Å². The molecule has 0 aliphatic heterocycles. The quantitative estimate of drug-likeness (QED) is 0.749. The molecule has 0 aromatic heterocycles. The van der Waals surface area contributed by atoms with Crippen LogP contribution < -0.4 is 0 Å². The van der Waals surface area contributed by atoms with Gasteiger partial charge in [-0.1, -0.05) is 52.9 Å². The van der Waals surface area contributed by atoms with Crippen LogP contribution in [0.15, 0.2) is 36.9 Å². The van der Waals surface area contributed by atoms with Crippen molar-refractivity contribution in [3.63, 3.8) is 0 Å². The van der Waals surface area contributed by atoms with Gasteiger partial charge in [-0.25, -0.2) is 0 Å². The van der Waals surface area contributed by atoms with E-state index in [-0.39, 0.29) is 5.78 Å². The topological polar surface area (TPSA) is 17.1 Å². The predicted octanol–water partition coefficient (Wildman–Crippen LogP) is 3.65. The third-order valence-electron chi connectivity index (χ3n) is 1.75. The van der Waals surface area contributed by atoms with Crippen molar-refractivity contribution in [1.82, 2.24) is 0 Å². The predicted molar refractivity (Wildman–Crippen MR) is 64.1 cm³/mol. The highest BCUT2D eigenvalue weighted by atomic mass is 79.9. The number of ketones is 1. The van der Waals surface area contributed by atoms with E-state index in [1.807, 2.05) is 24.3 Å². The standard InChI is InChI=1S/C12H11BrO/c1-9(14)7-8-11-5-3-4-6-12(11)10(2)13/h3-8H,2H2,1H3/b8-7+. The van der Waals surface area contributed by atoms with Crippen molar-refractivity contribution in [2.75, 3.05) is 0 Å². The number of halogens is 1. The number of hydrogen-bond donors (Lipinski definition) is 0. The van der Waals surface area contributed by atoms with E-state index in [4.69, 9.17) is 0 Å². The Bertz CT molecular complexity index is 391. The second-order valence-electron chi connectivity index (χ2n) is 2.94. The van der Waals surface area contributed by atoms with Gasteiger partial charge in [0.15, 0.2) is 5.78 Å². The molecule has 0 unspecified atom stereocenters. The van der Waals surface area contributed by atoms with Crippen molar-refractivity contribution >= 4 is 32.3 Å². The van der Waals surface area contributed by atoms with Crippen molar-refractivity contribution < 1.29 is 4.79 Å². The van der Waals surface area contributed by atoms with Gasteiger partial charge in [-0.15, -0.1) is 0 Å². The Morgan fingerprint density at radius 1 is 1.43 bits per heavy atom. The number of hydrogen-bond acceptors (Lipinski definition) is 1. The summed E-state index contributed by atoms with van der Waals surface area (Å²) in [5, 5.41) is 0. The second kappa shape index (κ2) is 4.91. The fourth-order valence-corrected chi connectivity index (χ4v) is 1.46. The van der Waals surface area contributed by atoms with E-state index in [0.717, 1.165) is 15.6 Å². The van der Waals surface area contributed by atoms with Crippen molar-refractivity contribution in [2.45, 2.75) is 6.92 Å². The minimum atomic E-state index is 0.0417. The summed E-state index contributed by atoms with van der Waals surface area (Å²) in [6.07, 6.45) is 3.35. The van der Waals surface area contributed by atoms with Crippen molar-refractivity contribution in [3.05, 3.63) is 48.0 Å². The zero-order valence-electron chi connectivity index (χ0n) is 7.96. The van der Waals surface area contributed by atoms with Gasteiger partial charge in [0.1, 0.15) is 0 Å². The molecule has 0 N–H and O–H groups in total. The lowest BCUT2D eigenvalue weighted by molar-refractivity contribution is -0.112. The highest BCUT2D eigenvalue weighted by Gasteiger charge is 1.99. The molecule has 0 amide bonds. The first-order valence-electron chi connectivity index (χ1n) is 4.23. The van der Waals surface area contributed by atoms with Crippen LogP contribution in [0.25, 0.3) is 10.6 Å². The fourth-order valence-electron chi connectivity index (χ4n) is 1.10. The van der Waals surface area contributed by atoms with Crippen LogP contribution in [0.4, 0.5) is 0 Å². The maximum atomic E-state index is 10.8. The normalized spacial score (nSPS) is 10.4. The van der Waals surface area contributed by atoms with Gasteiger partial charge in [0, 0.05) is 4.48 Å². The minimum Gasteiger partial charge on any atom is -0.295 e. The number of rotatable bonds is 3. The first-order valence-corrected chi connectivity index (χ1v) is 5.03. The molecule has 0 atom stereocenters. The van der Waals surface area contributed by atoms with Gasteiger partial charge < -0.3 is 0 Å². The average molecular weight is 251 g/mol. The lowest BCUT2D eigenvalue weighted by Gasteiger charge is -2.02. The number of benzene rings is 1. The van der Waals surface area contributed by atoms with Crippen LogP contribution >= 0.6 is 15.9 Å². The molecule has 1 aromatic carbocycles. The van der Waals surface area contributed by atoms with Gasteiger partial charge in [0.2, 0.25) is 0 Å². The molecule has 2 heteroatoms. The minimum absolute atomic E-state index is 0.0417.